The Balaban J connectivity index is 1.69. The van der Waals surface area contributed by atoms with Crippen molar-refractivity contribution in [3.05, 3.63) is 131 Å². The molecule has 180 valence electrons. The van der Waals surface area contributed by atoms with Gasteiger partial charge in [0.15, 0.2) is 4.80 Å². The van der Waals surface area contributed by atoms with Crippen LogP contribution in [0, 0.1) is 5.82 Å². The molecule has 0 bridgehead atoms. The summed E-state index contributed by atoms with van der Waals surface area (Å²) >= 11 is 13.7. The molecule has 0 saturated heterocycles. The van der Waals surface area contributed by atoms with Crippen LogP contribution in [0.3, 0.4) is 0 Å². The van der Waals surface area contributed by atoms with Crippen LogP contribution >= 0.6 is 34.5 Å². The molecule has 1 aliphatic rings. The fourth-order valence-corrected chi connectivity index (χ4v) is 5.47. The van der Waals surface area contributed by atoms with Gasteiger partial charge in [0.1, 0.15) is 5.82 Å². The van der Waals surface area contributed by atoms with Crippen molar-refractivity contribution in [1.82, 2.24) is 4.57 Å². The van der Waals surface area contributed by atoms with Crippen molar-refractivity contribution < 1.29 is 9.18 Å². The first-order chi connectivity index (χ1) is 17.3. The van der Waals surface area contributed by atoms with Crippen molar-refractivity contribution in [2.24, 2.45) is 4.99 Å². The quantitative estimate of drug-likeness (QED) is 0.383. The Labute approximate surface area is 219 Å². The standard InChI is InChI=1S/C27H18Cl2FN3O2S/c1-15-22(25(34)32-19-7-3-2-4-8-19)24(16-10-12-18(30)13-11-16)33-26(35)21(36-27(33)31-15)14-17-6-5-9-20(28)23(17)29/h2-14,24H,1H3,(H,32,34)/t24-/m1/s1. The highest BCUT2D eigenvalue weighted by Crippen LogP contribution is 2.31. The minimum absolute atomic E-state index is 0.296. The van der Waals surface area contributed by atoms with Gasteiger partial charge in [0.2, 0.25) is 0 Å². The molecule has 1 aromatic heterocycles. The number of thiazole rings is 1. The molecular weight excluding hydrogens is 520 g/mol. The highest BCUT2D eigenvalue weighted by atomic mass is 35.5. The molecule has 3 aromatic carbocycles. The Hall–Kier alpha value is -3.52. The lowest BCUT2D eigenvalue weighted by Gasteiger charge is -2.25. The average molecular weight is 538 g/mol. The van der Waals surface area contributed by atoms with E-state index < -0.39 is 17.8 Å². The van der Waals surface area contributed by atoms with Gasteiger partial charge in [0.05, 0.1) is 31.9 Å². The number of hydrogen-bond donors (Lipinski definition) is 1. The minimum Gasteiger partial charge on any atom is -0.322 e. The van der Waals surface area contributed by atoms with E-state index in [9.17, 15) is 14.0 Å². The van der Waals surface area contributed by atoms with Gasteiger partial charge >= 0.3 is 0 Å². The molecule has 0 saturated carbocycles. The largest absolute Gasteiger partial charge is 0.322 e. The van der Waals surface area contributed by atoms with E-state index in [1.165, 1.54) is 28.0 Å². The maximum atomic E-state index is 13.8. The molecule has 5 nitrogen and oxygen atoms in total. The van der Waals surface area contributed by atoms with Crippen LogP contribution in [0.25, 0.3) is 6.08 Å². The van der Waals surface area contributed by atoms with Crippen LogP contribution < -0.4 is 20.2 Å². The number of hydrogen-bond acceptors (Lipinski definition) is 4. The lowest BCUT2D eigenvalue weighted by atomic mass is 9.95. The number of para-hydroxylation sites is 1. The van der Waals surface area contributed by atoms with E-state index in [-0.39, 0.29) is 5.56 Å². The zero-order valence-corrected chi connectivity index (χ0v) is 21.2. The van der Waals surface area contributed by atoms with Crippen LogP contribution in [0.5, 0.6) is 0 Å². The van der Waals surface area contributed by atoms with Crippen LogP contribution in [0.2, 0.25) is 10.0 Å². The molecule has 0 unspecified atom stereocenters. The van der Waals surface area contributed by atoms with Crippen molar-refractivity contribution >= 4 is 52.2 Å². The molecule has 5 rings (SSSR count). The number of nitrogens with one attached hydrogen (secondary N) is 1. The van der Waals surface area contributed by atoms with Crippen LogP contribution in [0.15, 0.2) is 93.9 Å². The normalized spacial score (nSPS) is 15.4. The number of carbonyl (C=O) groups excluding carboxylic acids is 1. The fourth-order valence-electron chi connectivity index (χ4n) is 4.07. The van der Waals surface area contributed by atoms with E-state index in [2.05, 4.69) is 10.3 Å². The summed E-state index contributed by atoms with van der Waals surface area (Å²) in [5.41, 5.74) is 2.19. The second kappa shape index (κ2) is 9.85. The summed E-state index contributed by atoms with van der Waals surface area (Å²) in [6.07, 6.45) is 1.66. The fraction of sp³-hybridized carbons (Fsp3) is 0.0741. The number of benzene rings is 3. The monoisotopic (exact) mass is 537 g/mol. The van der Waals surface area contributed by atoms with Crippen molar-refractivity contribution in [3.8, 4) is 0 Å². The molecule has 1 aliphatic heterocycles. The van der Waals surface area contributed by atoms with Gasteiger partial charge < -0.3 is 5.32 Å². The first-order valence-corrected chi connectivity index (χ1v) is 12.5. The molecular formula is C27H18Cl2FN3O2S. The third kappa shape index (κ3) is 4.53. The van der Waals surface area contributed by atoms with Crippen molar-refractivity contribution in [2.75, 3.05) is 5.32 Å². The number of allylic oxidation sites excluding steroid dienone is 1. The topological polar surface area (TPSA) is 63.5 Å². The Bertz CT molecular complexity index is 1690. The smallest absolute Gasteiger partial charge is 0.271 e. The maximum Gasteiger partial charge on any atom is 0.271 e. The summed E-state index contributed by atoms with van der Waals surface area (Å²) < 4.78 is 15.6. The molecule has 1 atom stereocenters. The summed E-state index contributed by atoms with van der Waals surface area (Å²) in [7, 11) is 0. The minimum atomic E-state index is -0.803. The van der Waals surface area contributed by atoms with Gasteiger partial charge in [-0.15, -0.1) is 0 Å². The molecule has 0 spiro atoms. The Morgan fingerprint density at radius 3 is 2.50 bits per heavy atom. The molecule has 1 amide bonds. The number of aromatic nitrogens is 1. The van der Waals surface area contributed by atoms with E-state index in [0.717, 1.165) is 0 Å². The van der Waals surface area contributed by atoms with Gasteiger partial charge in [0, 0.05) is 5.69 Å². The summed E-state index contributed by atoms with van der Waals surface area (Å²) in [4.78, 5) is 32.2. The van der Waals surface area contributed by atoms with Crippen LogP contribution in [0.4, 0.5) is 10.1 Å². The first kappa shape index (κ1) is 24.2. The van der Waals surface area contributed by atoms with E-state index in [1.807, 2.05) is 18.2 Å². The number of nitrogens with zero attached hydrogens (tertiary/aromatic N) is 2. The molecule has 0 radical (unpaired) electrons. The molecule has 2 heterocycles. The molecule has 0 aliphatic carbocycles. The highest BCUT2D eigenvalue weighted by Gasteiger charge is 2.32. The highest BCUT2D eigenvalue weighted by molar-refractivity contribution is 7.07. The predicted octanol–water partition coefficient (Wildman–Crippen LogP) is 5.32. The molecule has 9 heteroatoms. The zero-order chi connectivity index (χ0) is 25.4. The van der Waals surface area contributed by atoms with E-state index in [1.54, 1.807) is 55.5 Å². The number of amides is 1. The van der Waals surface area contributed by atoms with E-state index in [4.69, 9.17) is 23.2 Å². The lowest BCUT2D eigenvalue weighted by molar-refractivity contribution is -0.113. The average Bonchev–Trinajstić information content (AvgIpc) is 3.16. The number of halogens is 3. The number of rotatable bonds is 4. The van der Waals surface area contributed by atoms with Gasteiger partial charge in [-0.25, -0.2) is 9.38 Å². The Kier molecular flexibility index (Phi) is 6.62. The van der Waals surface area contributed by atoms with Crippen molar-refractivity contribution in [1.29, 1.82) is 0 Å². The van der Waals surface area contributed by atoms with Gasteiger partial charge in [-0.3, -0.25) is 14.2 Å². The van der Waals surface area contributed by atoms with E-state index in [0.29, 0.717) is 47.5 Å². The summed E-state index contributed by atoms with van der Waals surface area (Å²) in [6, 6.07) is 19.1. The van der Waals surface area contributed by atoms with Crippen LogP contribution in [-0.4, -0.2) is 10.5 Å². The maximum absolute atomic E-state index is 13.8. The third-order valence-electron chi connectivity index (χ3n) is 5.75. The second-order valence-electron chi connectivity index (χ2n) is 8.10. The molecule has 36 heavy (non-hydrogen) atoms. The van der Waals surface area contributed by atoms with E-state index >= 15 is 0 Å². The SMILES string of the molecule is CC1=C(C(=O)Nc2ccccc2)[C@@H](c2ccc(F)cc2)n2c(sc(=Cc3cccc(Cl)c3Cl)c2=O)=N1. The van der Waals surface area contributed by atoms with Gasteiger partial charge in [-0.2, -0.15) is 0 Å². The molecule has 0 fully saturated rings. The van der Waals surface area contributed by atoms with Crippen molar-refractivity contribution in [2.45, 2.75) is 13.0 Å². The second-order valence-corrected chi connectivity index (χ2v) is 9.89. The van der Waals surface area contributed by atoms with Crippen LogP contribution in [-0.2, 0) is 4.79 Å². The first-order valence-electron chi connectivity index (χ1n) is 10.9. The predicted molar refractivity (Wildman–Crippen MR) is 142 cm³/mol. The van der Waals surface area contributed by atoms with Gasteiger partial charge in [-0.1, -0.05) is 77.0 Å². The number of fused-ring (bicyclic) bond motifs is 1. The summed E-state index contributed by atoms with van der Waals surface area (Å²) in [6.45, 7) is 1.72. The van der Waals surface area contributed by atoms with Crippen molar-refractivity contribution in [3.63, 3.8) is 0 Å². The van der Waals surface area contributed by atoms with Gasteiger partial charge in [-0.05, 0) is 54.5 Å². The Morgan fingerprint density at radius 1 is 1.06 bits per heavy atom. The molecule has 4 aromatic rings. The number of carbonyl (C=O) groups is 1. The van der Waals surface area contributed by atoms with Crippen LogP contribution in [0.1, 0.15) is 24.1 Å². The Morgan fingerprint density at radius 2 is 1.78 bits per heavy atom. The summed E-state index contributed by atoms with van der Waals surface area (Å²) in [5, 5.41) is 3.59. The zero-order valence-electron chi connectivity index (χ0n) is 18.8. The number of anilines is 1. The third-order valence-corrected chi connectivity index (χ3v) is 7.57. The molecule has 1 N–H and O–H groups in total. The lowest BCUT2D eigenvalue weighted by Crippen LogP contribution is -2.40. The van der Waals surface area contributed by atoms with Gasteiger partial charge in [0.25, 0.3) is 11.5 Å². The summed E-state index contributed by atoms with van der Waals surface area (Å²) in [5.74, 6) is -0.818.